The molecule has 0 aromatic carbocycles. The third-order valence-electron chi connectivity index (χ3n) is 2.51. The zero-order valence-electron chi connectivity index (χ0n) is 10.3. The molecule has 0 saturated heterocycles. The van der Waals surface area contributed by atoms with E-state index < -0.39 is 0 Å². The Balaban J connectivity index is 2.86. The lowest BCUT2D eigenvalue weighted by atomic mass is 10.1. The lowest BCUT2D eigenvalue weighted by molar-refractivity contribution is 0.0989. The van der Waals surface area contributed by atoms with Crippen LogP contribution in [0.25, 0.3) is 0 Å². The quantitative estimate of drug-likeness (QED) is 0.862. The Bertz CT molecular complexity index is 353. The summed E-state index contributed by atoms with van der Waals surface area (Å²) in [5.74, 6) is 0.626. The van der Waals surface area contributed by atoms with Gasteiger partial charge in [0.2, 0.25) is 5.88 Å². The molecule has 1 heterocycles. The molecule has 0 saturated carbocycles. The van der Waals surface area contributed by atoms with Crippen LogP contribution in [0.4, 0.5) is 0 Å². The lowest BCUT2D eigenvalue weighted by Crippen LogP contribution is -2.27. The van der Waals surface area contributed by atoms with Crippen LogP contribution >= 0.6 is 11.6 Å². The van der Waals surface area contributed by atoms with Crippen molar-refractivity contribution in [1.29, 1.82) is 0 Å². The highest BCUT2D eigenvalue weighted by molar-refractivity contribution is 6.31. The van der Waals surface area contributed by atoms with Gasteiger partial charge in [-0.05, 0) is 32.9 Å². The molecule has 0 bridgehead atoms. The summed E-state index contributed by atoms with van der Waals surface area (Å²) in [6.07, 6.45) is 2.56. The molecule has 16 heavy (non-hydrogen) atoms. The van der Waals surface area contributed by atoms with Gasteiger partial charge in [-0.15, -0.1) is 0 Å². The van der Waals surface area contributed by atoms with E-state index in [1.54, 1.807) is 6.20 Å². The normalized spacial score (nSPS) is 11.6. The third kappa shape index (κ3) is 3.65. The number of halogens is 1. The summed E-state index contributed by atoms with van der Waals surface area (Å²) in [6, 6.07) is 1.89. The van der Waals surface area contributed by atoms with Crippen LogP contribution in [0.15, 0.2) is 12.3 Å². The topological polar surface area (TPSA) is 34.1 Å². The molecular formula is C12H19ClN2O. The minimum absolute atomic E-state index is 0.197. The number of ether oxygens (including phenoxy) is 1. The number of pyridine rings is 1. The van der Waals surface area contributed by atoms with E-state index in [9.17, 15) is 0 Å². The maximum absolute atomic E-state index is 6.02. The van der Waals surface area contributed by atoms with E-state index in [1.165, 1.54) is 0 Å². The smallest absolute Gasteiger partial charge is 0.214 e. The van der Waals surface area contributed by atoms with Gasteiger partial charge in [0.25, 0.3) is 0 Å². The van der Waals surface area contributed by atoms with Crippen molar-refractivity contribution in [1.82, 2.24) is 10.3 Å². The van der Waals surface area contributed by atoms with Crippen LogP contribution < -0.4 is 10.1 Å². The molecule has 1 N–H and O–H groups in total. The van der Waals surface area contributed by atoms with E-state index >= 15 is 0 Å². The van der Waals surface area contributed by atoms with Crippen molar-refractivity contribution in [2.75, 3.05) is 7.05 Å². The van der Waals surface area contributed by atoms with Gasteiger partial charge in [-0.3, -0.25) is 0 Å². The summed E-state index contributed by atoms with van der Waals surface area (Å²) in [5, 5.41) is 3.72. The first-order valence-electron chi connectivity index (χ1n) is 5.46. The molecule has 0 fully saturated rings. The van der Waals surface area contributed by atoms with Crippen molar-refractivity contribution in [3.05, 3.63) is 22.8 Å². The maximum Gasteiger partial charge on any atom is 0.214 e. The predicted octanol–water partition coefficient (Wildman–Crippen LogP) is 3.02. The summed E-state index contributed by atoms with van der Waals surface area (Å²) in [6.45, 7) is 6.89. The average Bonchev–Trinajstić information content (AvgIpc) is 2.23. The predicted molar refractivity (Wildman–Crippen MR) is 67.0 cm³/mol. The lowest BCUT2D eigenvalue weighted by Gasteiger charge is -2.24. The van der Waals surface area contributed by atoms with E-state index in [4.69, 9.17) is 16.3 Å². The van der Waals surface area contributed by atoms with Crippen molar-refractivity contribution in [3.8, 4) is 5.88 Å². The summed E-state index contributed by atoms with van der Waals surface area (Å²) >= 11 is 6.02. The van der Waals surface area contributed by atoms with E-state index in [0.717, 1.165) is 12.0 Å². The molecule has 0 atom stereocenters. The molecule has 0 radical (unpaired) electrons. The molecule has 4 heteroatoms. The number of hydrogen-bond acceptors (Lipinski definition) is 3. The molecule has 1 aromatic rings. The fraction of sp³-hybridized carbons (Fsp3) is 0.583. The standard InChI is InChI=1S/C12H19ClN2O/c1-5-12(2,3)16-11-6-9(7-14-4)10(13)8-15-11/h6,8,14H,5,7H2,1-4H3. The van der Waals surface area contributed by atoms with Crippen molar-refractivity contribution in [2.45, 2.75) is 39.3 Å². The van der Waals surface area contributed by atoms with Gasteiger partial charge in [0.05, 0.1) is 5.02 Å². The first-order chi connectivity index (χ1) is 7.48. The van der Waals surface area contributed by atoms with Crippen molar-refractivity contribution < 1.29 is 4.74 Å². The Morgan fingerprint density at radius 3 is 2.75 bits per heavy atom. The van der Waals surface area contributed by atoms with Crippen molar-refractivity contribution in [2.24, 2.45) is 0 Å². The van der Waals surface area contributed by atoms with Gasteiger partial charge in [-0.1, -0.05) is 18.5 Å². The molecular weight excluding hydrogens is 224 g/mol. The van der Waals surface area contributed by atoms with Crippen LogP contribution in [0.1, 0.15) is 32.8 Å². The Morgan fingerprint density at radius 1 is 1.50 bits per heavy atom. The van der Waals surface area contributed by atoms with E-state index in [0.29, 0.717) is 17.4 Å². The van der Waals surface area contributed by atoms with Crippen molar-refractivity contribution in [3.63, 3.8) is 0 Å². The second kappa shape index (κ2) is 5.51. The fourth-order valence-electron chi connectivity index (χ4n) is 1.20. The third-order valence-corrected chi connectivity index (χ3v) is 2.85. The van der Waals surface area contributed by atoms with Gasteiger partial charge in [0.1, 0.15) is 5.60 Å². The number of aromatic nitrogens is 1. The highest BCUT2D eigenvalue weighted by Crippen LogP contribution is 2.23. The highest BCUT2D eigenvalue weighted by atomic mass is 35.5. The SMILES string of the molecule is CCC(C)(C)Oc1cc(CNC)c(Cl)cn1. The van der Waals surface area contributed by atoms with E-state index in [1.807, 2.05) is 27.0 Å². The molecule has 0 aliphatic heterocycles. The molecule has 0 spiro atoms. The maximum atomic E-state index is 6.02. The van der Waals surface area contributed by atoms with Gasteiger partial charge in [0, 0.05) is 18.8 Å². The van der Waals surface area contributed by atoms with Crippen LogP contribution in [0, 0.1) is 0 Å². The Labute approximate surface area is 102 Å². The minimum atomic E-state index is -0.197. The van der Waals surface area contributed by atoms with Crippen LogP contribution in [0.2, 0.25) is 5.02 Å². The summed E-state index contributed by atoms with van der Waals surface area (Å²) in [4.78, 5) is 4.17. The van der Waals surface area contributed by atoms with E-state index in [2.05, 4.69) is 17.2 Å². The second-order valence-corrected chi connectivity index (χ2v) is 4.77. The van der Waals surface area contributed by atoms with Crippen molar-refractivity contribution >= 4 is 11.6 Å². The molecule has 0 aliphatic carbocycles. The van der Waals surface area contributed by atoms with Gasteiger partial charge < -0.3 is 10.1 Å². The first-order valence-corrected chi connectivity index (χ1v) is 5.84. The fourth-order valence-corrected chi connectivity index (χ4v) is 1.37. The molecule has 0 unspecified atom stereocenters. The van der Waals surface area contributed by atoms with Gasteiger partial charge in [-0.25, -0.2) is 4.98 Å². The molecule has 3 nitrogen and oxygen atoms in total. The van der Waals surface area contributed by atoms with E-state index in [-0.39, 0.29) is 5.60 Å². The molecule has 1 rings (SSSR count). The molecule has 90 valence electrons. The number of rotatable bonds is 5. The summed E-state index contributed by atoms with van der Waals surface area (Å²) < 4.78 is 5.80. The molecule has 1 aromatic heterocycles. The largest absolute Gasteiger partial charge is 0.472 e. The van der Waals surface area contributed by atoms with Crippen LogP contribution in [-0.4, -0.2) is 17.6 Å². The minimum Gasteiger partial charge on any atom is -0.472 e. The zero-order chi connectivity index (χ0) is 12.2. The molecule has 0 amide bonds. The Kier molecular flexibility index (Phi) is 4.56. The second-order valence-electron chi connectivity index (χ2n) is 4.36. The van der Waals surface area contributed by atoms with Crippen LogP contribution in [0.5, 0.6) is 5.88 Å². The Hall–Kier alpha value is -0.800. The summed E-state index contributed by atoms with van der Waals surface area (Å²) in [7, 11) is 1.88. The number of hydrogen-bond donors (Lipinski definition) is 1. The van der Waals surface area contributed by atoms with Gasteiger partial charge in [-0.2, -0.15) is 0 Å². The first kappa shape index (κ1) is 13.3. The van der Waals surface area contributed by atoms with Crippen LogP contribution in [0.3, 0.4) is 0 Å². The average molecular weight is 243 g/mol. The summed E-state index contributed by atoms with van der Waals surface area (Å²) in [5.41, 5.74) is 0.804. The monoisotopic (exact) mass is 242 g/mol. The Morgan fingerprint density at radius 2 is 2.19 bits per heavy atom. The van der Waals surface area contributed by atoms with Gasteiger partial charge >= 0.3 is 0 Å². The number of nitrogens with zero attached hydrogens (tertiary/aromatic N) is 1. The molecule has 0 aliphatic rings. The highest BCUT2D eigenvalue weighted by Gasteiger charge is 2.18. The zero-order valence-corrected chi connectivity index (χ0v) is 11.1. The van der Waals surface area contributed by atoms with Gasteiger partial charge in [0.15, 0.2) is 0 Å². The number of nitrogens with one attached hydrogen (secondary N) is 1. The van der Waals surface area contributed by atoms with Crippen LogP contribution in [-0.2, 0) is 6.54 Å².